The predicted octanol–water partition coefficient (Wildman–Crippen LogP) is 3.98. The number of piperidine rings is 1. The maximum atomic E-state index is 6.22. The van der Waals surface area contributed by atoms with Gasteiger partial charge in [0.05, 0.1) is 9.74 Å². The molecule has 110 valence electrons. The highest BCUT2D eigenvalue weighted by molar-refractivity contribution is 8.02. The molecule has 6 heteroatoms. The number of hydrogen-bond donors (Lipinski definition) is 1. The van der Waals surface area contributed by atoms with E-state index < -0.39 is 0 Å². The minimum atomic E-state index is -0.0377. The molecule has 0 aromatic heterocycles. The third-order valence-corrected chi connectivity index (χ3v) is 6.44. The summed E-state index contributed by atoms with van der Waals surface area (Å²) >= 11 is 19.3. The second-order valence-corrected chi connectivity index (χ2v) is 7.55. The average molecular weight is 349 g/mol. The summed E-state index contributed by atoms with van der Waals surface area (Å²) in [6.07, 6.45) is 4.06. The Balaban J connectivity index is 2.01. The zero-order valence-electron chi connectivity index (χ0n) is 11.4. The molecule has 2 rings (SSSR count). The molecule has 1 aromatic rings. The summed E-state index contributed by atoms with van der Waals surface area (Å²) < 4.78 is -0.0377. The van der Waals surface area contributed by atoms with Crippen molar-refractivity contribution in [3.8, 4) is 0 Å². The minimum absolute atomic E-state index is 0.0377. The maximum absolute atomic E-state index is 6.22. The SMILES string of the molecule is CSC1(C(N)=S)CCN(Cc2cc(Cl)ccc2Cl)CC1. The highest BCUT2D eigenvalue weighted by atomic mass is 35.5. The van der Waals surface area contributed by atoms with Gasteiger partial charge in [0.25, 0.3) is 0 Å². The van der Waals surface area contributed by atoms with Crippen LogP contribution in [-0.4, -0.2) is 34.0 Å². The molecule has 0 aliphatic carbocycles. The first kappa shape index (κ1) is 16.4. The van der Waals surface area contributed by atoms with E-state index in [1.165, 1.54) is 0 Å². The Bertz CT molecular complexity index is 500. The molecule has 2 nitrogen and oxygen atoms in total. The molecule has 2 N–H and O–H groups in total. The molecule has 0 bridgehead atoms. The van der Waals surface area contributed by atoms with Crippen molar-refractivity contribution in [1.29, 1.82) is 0 Å². The molecule has 0 atom stereocenters. The van der Waals surface area contributed by atoms with Gasteiger partial charge in [0.2, 0.25) is 0 Å². The van der Waals surface area contributed by atoms with Crippen molar-refractivity contribution < 1.29 is 0 Å². The van der Waals surface area contributed by atoms with Crippen molar-refractivity contribution in [2.45, 2.75) is 24.1 Å². The quantitative estimate of drug-likeness (QED) is 0.833. The van der Waals surface area contributed by atoms with Gasteiger partial charge in [0.1, 0.15) is 0 Å². The molecule has 1 aliphatic rings. The Hall–Kier alpha value is -0.000000000000000111. The van der Waals surface area contributed by atoms with Crippen molar-refractivity contribution in [2.75, 3.05) is 19.3 Å². The number of likely N-dealkylation sites (tertiary alicyclic amines) is 1. The second kappa shape index (κ2) is 6.84. The van der Waals surface area contributed by atoms with Crippen molar-refractivity contribution in [2.24, 2.45) is 5.73 Å². The van der Waals surface area contributed by atoms with Gasteiger partial charge >= 0.3 is 0 Å². The van der Waals surface area contributed by atoms with Gasteiger partial charge in [-0.1, -0.05) is 35.4 Å². The van der Waals surface area contributed by atoms with E-state index in [9.17, 15) is 0 Å². The van der Waals surface area contributed by atoms with Crippen LogP contribution in [0, 0.1) is 0 Å². The van der Waals surface area contributed by atoms with E-state index >= 15 is 0 Å². The molecule has 1 aliphatic heterocycles. The molecular weight excluding hydrogens is 331 g/mol. The number of halogens is 2. The molecule has 1 saturated heterocycles. The first-order chi connectivity index (χ1) is 9.47. The predicted molar refractivity (Wildman–Crippen MR) is 94.0 cm³/mol. The molecule has 0 amide bonds. The van der Waals surface area contributed by atoms with Gasteiger partial charge in [-0.05, 0) is 42.9 Å². The second-order valence-electron chi connectivity index (χ2n) is 5.07. The van der Waals surface area contributed by atoms with Crippen LogP contribution in [0.2, 0.25) is 10.0 Å². The van der Waals surface area contributed by atoms with Crippen LogP contribution in [0.5, 0.6) is 0 Å². The third kappa shape index (κ3) is 3.60. The van der Waals surface area contributed by atoms with E-state index in [1.54, 1.807) is 11.8 Å². The van der Waals surface area contributed by atoms with Crippen LogP contribution < -0.4 is 5.73 Å². The van der Waals surface area contributed by atoms with Gasteiger partial charge in [0.15, 0.2) is 0 Å². The summed E-state index contributed by atoms with van der Waals surface area (Å²) in [6, 6.07) is 5.60. The Morgan fingerprint density at radius 1 is 1.40 bits per heavy atom. The fourth-order valence-corrected chi connectivity index (χ4v) is 4.15. The largest absolute Gasteiger partial charge is 0.392 e. The van der Waals surface area contributed by atoms with Gasteiger partial charge in [-0.15, -0.1) is 0 Å². The van der Waals surface area contributed by atoms with E-state index in [2.05, 4.69) is 11.2 Å². The summed E-state index contributed by atoms with van der Waals surface area (Å²) in [5, 5.41) is 1.49. The number of nitrogens with zero attached hydrogens (tertiary/aromatic N) is 1. The van der Waals surface area contributed by atoms with Gasteiger partial charge in [-0.2, -0.15) is 11.8 Å². The van der Waals surface area contributed by atoms with Gasteiger partial charge in [-0.3, -0.25) is 4.90 Å². The minimum Gasteiger partial charge on any atom is -0.392 e. The number of thioether (sulfide) groups is 1. The van der Waals surface area contributed by atoms with Crippen molar-refractivity contribution >= 4 is 52.2 Å². The smallest absolute Gasteiger partial charge is 0.0891 e. The topological polar surface area (TPSA) is 29.3 Å². The van der Waals surface area contributed by atoms with Crippen LogP contribution in [0.3, 0.4) is 0 Å². The highest BCUT2D eigenvalue weighted by Gasteiger charge is 2.36. The Labute approximate surface area is 140 Å². The van der Waals surface area contributed by atoms with Crippen molar-refractivity contribution in [3.63, 3.8) is 0 Å². The zero-order chi connectivity index (χ0) is 14.8. The lowest BCUT2D eigenvalue weighted by Gasteiger charge is -2.40. The van der Waals surface area contributed by atoms with E-state index in [-0.39, 0.29) is 4.75 Å². The van der Waals surface area contributed by atoms with Gasteiger partial charge in [0, 0.05) is 29.7 Å². The molecule has 20 heavy (non-hydrogen) atoms. The maximum Gasteiger partial charge on any atom is 0.0891 e. The van der Waals surface area contributed by atoms with E-state index in [1.807, 2.05) is 18.2 Å². The summed E-state index contributed by atoms with van der Waals surface area (Å²) in [5.41, 5.74) is 6.98. The first-order valence-corrected chi connectivity index (χ1v) is 8.87. The fraction of sp³-hybridized carbons (Fsp3) is 0.500. The molecule has 1 aromatic carbocycles. The number of hydrogen-bond acceptors (Lipinski definition) is 3. The molecular formula is C14H18Cl2N2S2. The standard InChI is InChI=1S/C14H18Cl2N2S2/c1-20-14(13(17)19)4-6-18(7-5-14)9-10-8-11(15)2-3-12(10)16/h2-3,8H,4-7,9H2,1H3,(H2,17,19). The number of thiocarbonyl (C=S) groups is 1. The molecule has 0 radical (unpaired) electrons. The summed E-state index contributed by atoms with van der Waals surface area (Å²) in [4.78, 5) is 3.01. The molecule has 0 saturated carbocycles. The Kier molecular flexibility index (Phi) is 5.60. The lowest BCUT2D eigenvalue weighted by atomic mass is 9.95. The summed E-state index contributed by atoms with van der Waals surface area (Å²) in [7, 11) is 0. The lowest BCUT2D eigenvalue weighted by Crippen LogP contribution is -2.48. The Morgan fingerprint density at radius 3 is 2.60 bits per heavy atom. The van der Waals surface area contributed by atoms with Gasteiger partial charge in [-0.25, -0.2) is 0 Å². The molecule has 0 spiro atoms. The van der Waals surface area contributed by atoms with Crippen molar-refractivity contribution in [3.05, 3.63) is 33.8 Å². The molecule has 1 heterocycles. The zero-order valence-corrected chi connectivity index (χ0v) is 14.5. The van der Waals surface area contributed by atoms with Crippen LogP contribution in [0.25, 0.3) is 0 Å². The van der Waals surface area contributed by atoms with E-state index in [4.69, 9.17) is 41.2 Å². The third-order valence-electron chi connectivity index (χ3n) is 3.91. The van der Waals surface area contributed by atoms with Gasteiger partial charge < -0.3 is 5.73 Å². The number of nitrogens with two attached hydrogens (primary N) is 1. The van der Waals surface area contributed by atoms with Crippen LogP contribution in [0.15, 0.2) is 18.2 Å². The van der Waals surface area contributed by atoms with Crippen LogP contribution in [0.4, 0.5) is 0 Å². The fourth-order valence-electron chi connectivity index (χ4n) is 2.53. The van der Waals surface area contributed by atoms with E-state index in [0.717, 1.165) is 48.1 Å². The number of rotatable bonds is 4. The monoisotopic (exact) mass is 348 g/mol. The normalized spacial score (nSPS) is 18.9. The Morgan fingerprint density at radius 2 is 2.05 bits per heavy atom. The molecule has 1 fully saturated rings. The molecule has 0 unspecified atom stereocenters. The number of benzene rings is 1. The highest BCUT2D eigenvalue weighted by Crippen LogP contribution is 2.35. The lowest BCUT2D eigenvalue weighted by molar-refractivity contribution is 0.212. The van der Waals surface area contributed by atoms with Crippen molar-refractivity contribution in [1.82, 2.24) is 4.90 Å². The first-order valence-electron chi connectivity index (χ1n) is 6.48. The summed E-state index contributed by atoms with van der Waals surface area (Å²) in [5.74, 6) is 0. The summed E-state index contributed by atoms with van der Waals surface area (Å²) in [6.45, 7) is 2.77. The average Bonchev–Trinajstić information content (AvgIpc) is 2.43. The van der Waals surface area contributed by atoms with Crippen LogP contribution in [-0.2, 0) is 6.54 Å². The van der Waals surface area contributed by atoms with Crippen LogP contribution in [0.1, 0.15) is 18.4 Å². The van der Waals surface area contributed by atoms with E-state index in [0.29, 0.717) is 4.99 Å². The van der Waals surface area contributed by atoms with Crippen LogP contribution >= 0.6 is 47.2 Å².